The average molecular weight is 419 g/mol. The highest BCUT2D eigenvalue weighted by Gasteiger charge is 2.32. The van der Waals surface area contributed by atoms with Gasteiger partial charge in [-0.05, 0) is 31.9 Å². The Morgan fingerprint density at radius 2 is 2.16 bits per heavy atom. The summed E-state index contributed by atoms with van der Waals surface area (Å²) in [6.45, 7) is 3.27. The molecule has 2 aliphatic heterocycles. The van der Waals surface area contributed by atoms with Crippen LogP contribution in [0.2, 0.25) is 0 Å². The van der Waals surface area contributed by atoms with Crippen molar-refractivity contribution in [2.45, 2.75) is 25.3 Å². The first-order valence-corrected chi connectivity index (χ1v) is 10.7. The fourth-order valence-electron chi connectivity index (χ4n) is 4.65. The van der Waals surface area contributed by atoms with Crippen molar-refractivity contribution in [1.29, 1.82) is 5.26 Å². The molecule has 3 aromatic rings. The predicted octanol–water partition coefficient (Wildman–Crippen LogP) is 1.85. The largest absolute Gasteiger partial charge is 0.494 e. The molecule has 0 aliphatic carbocycles. The normalized spacial score (nSPS) is 21.4. The number of pyridine rings is 1. The number of ether oxygens (including phenoxy) is 1. The van der Waals surface area contributed by atoms with Crippen LogP contribution < -0.4 is 10.1 Å². The van der Waals surface area contributed by atoms with Crippen LogP contribution >= 0.6 is 0 Å². The first kappa shape index (κ1) is 19.6. The molecule has 0 bridgehead atoms. The number of fused-ring (bicyclic) bond motifs is 1. The van der Waals surface area contributed by atoms with Gasteiger partial charge in [0.15, 0.2) is 0 Å². The van der Waals surface area contributed by atoms with E-state index >= 15 is 0 Å². The third kappa shape index (κ3) is 3.53. The Labute approximate surface area is 180 Å². The third-order valence-corrected chi connectivity index (χ3v) is 6.35. The highest BCUT2D eigenvalue weighted by atomic mass is 16.5. The van der Waals surface area contributed by atoms with Gasteiger partial charge in [-0.3, -0.25) is 9.48 Å². The highest BCUT2D eigenvalue weighted by molar-refractivity contribution is 5.79. The van der Waals surface area contributed by atoms with Gasteiger partial charge in [-0.25, -0.2) is 4.52 Å². The van der Waals surface area contributed by atoms with Gasteiger partial charge in [-0.15, -0.1) is 0 Å². The number of hydrogen-bond donors (Lipinski definition) is 1. The van der Waals surface area contributed by atoms with E-state index < -0.39 is 0 Å². The molecule has 2 atom stereocenters. The van der Waals surface area contributed by atoms with E-state index in [4.69, 9.17) is 4.74 Å². The van der Waals surface area contributed by atoms with E-state index in [9.17, 15) is 10.1 Å². The minimum Gasteiger partial charge on any atom is -0.494 e. The minimum absolute atomic E-state index is 0.104. The summed E-state index contributed by atoms with van der Waals surface area (Å²) in [6, 6.07) is 4.22. The summed E-state index contributed by atoms with van der Waals surface area (Å²) < 4.78 is 9.13. The highest BCUT2D eigenvalue weighted by Crippen LogP contribution is 2.31. The molecule has 9 nitrogen and oxygen atoms in total. The van der Waals surface area contributed by atoms with Gasteiger partial charge in [0.1, 0.15) is 22.9 Å². The Kier molecular flexibility index (Phi) is 5.08. The van der Waals surface area contributed by atoms with E-state index in [-0.39, 0.29) is 17.9 Å². The summed E-state index contributed by atoms with van der Waals surface area (Å²) in [5, 5.41) is 21.5. The molecule has 0 unspecified atom stereocenters. The van der Waals surface area contributed by atoms with Crippen LogP contribution in [-0.2, 0) is 4.79 Å². The number of nitriles is 1. The van der Waals surface area contributed by atoms with Gasteiger partial charge < -0.3 is 15.0 Å². The van der Waals surface area contributed by atoms with Gasteiger partial charge in [-0.2, -0.15) is 15.5 Å². The zero-order chi connectivity index (χ0) is 21.4. The quantitative estimate of drug-likeness (QED) is 0.693. The standard InChI is InChI=1S/C22H25N7O2/c1-31-20-7-16(12-29-21(20)17(8-23)10-26-29)18-11-25-28(13-18)19-4-6-27(14-19)22(30)15-3-2-5-24-9-15/h7,10-13,15,19,24H,2-6,9,14H2,1H3/t15-,19+/m1/s1. The molecule has 3 aromatic heterocycles. The van der Waals surface area contributed by atoms with Crippen molar-refractivity contribution in [3.63, 3.8) is 0 Å². The van der Waals surface area contributed by atoms with E-state index in [1.54, 1.807) is 11.6 Å². The lowest BCUT2D eigenvalue weighted by molar-refractivity contribution is -0.135. The molecule has 0 spiro atoms. The second-order valence-corrected chi connectivity index (χ2v) is 8.24. The van der Waals surface area contributed by atoms with Gasteiger partial charge in [-0.1, -0.05) is 0 Å². The van der Waals surface area contributed by atoms with Crippen molar-refractivity contribution in [1.82, 2.24) is 29.6 Å². The molecule has 0 aromatic carbocycles. The lowest BCUT2D eigenvalue weighted by Gasteiger charge is -2.26. The molecule has 5 heterocycles. The first-order chi connectivity index (χ1) is 15.2. The van der Waals surface area contributed by atoms with Crippen molar-refractivity contribution in [2.24, 2.45) is 5.92 Å². The molecule has 2 fully saturated rings. The van der Waals surface area contributed by atoms with Crippen molar-refractivity contribution in [2.75, 3.05) is 33.3 Å². The van der Waals surface area contributed by atoms with Gasteiger partial charge in [0.25, 0.3) is 0 Å². The maximum absolute atomic E-state index is 12.8. The smallest absolute Gasteiger partial charge is 0.227 e. The molecular formula is C22H25N7O2. The maximum Gasteiger partial charge on any atom is 0.227 e. The zero-order valence-electron chi connectivity index (χ0n) is 17.5. The Morgan fingerprint density at radius 3 is 2.94 bits per heavy atom. The van der Waals surface area contributed by atoms with Crippen molar-refractivity contribution >= 4 is 11.4 Å². The van der Waals surface area contributed by atoms with E-state index in [1.807, 2.05) is 34.2 Å². The van der Waals surface area contributed by atoms with Gasteiger partial charge in [0.05, 0.1) is 31.5 Å². The summed E-state index contributed by atoms with van der Waals surface area (Å²) in [5.41, 5.74) is 2.98. The SMILES string of the molecule is COc1cc(-c2cnn([C@H]3CCN(C(=O)[C@@H]4CCCNC4)C3)c2)cn2ncc(C#N)c12. The Balaban J connectivity index is 1.35. The fraction of sp³-hybridized carbons (Fsp3) is 0.455. The van der Waals surface area contributed by atoms with Crippen LogP contribution in [0, 0.1) is 17.2 Å². The number of methoxy groups -OCH3 is 1. The second-order valence-electron chi connectivity index (χ2n) is 8.24. The number of amides is 1. The van der Waals surface area contributed by atoms with E-state index in [1.165, 1.54) is 6.20 Å². The molecule has 1 N–H and O–H groups in total. The average Bonchev–Trinajstić information content (AvgIpc) is 3.57. The molecule has 0 saturated carbocycles. The number of rotatable bonds is 4. The number of hydrogen-bond acceptors (Lipinski definition) is 6. The van der Waals surface area contributed by atoms with E-state index in [2.05, 4.69) is 21.6 Å². The van der Waals surface area contributed by atoms with Crippen LogP contribution in [0.25, 0.3) is 16.6 Å². The van der Waals surface area contributed by atoms with E-state index in [0.717, 1.165) is 50.0 Å². The second kappa shape index (κ2) is 8.04. The molecule has 2 saturated heterocycles. The van der Waals surface area contributed by atoms with Gasteiger partial charge in [0.2, 0.25) is 5.91 Å². The summed E-state index contributed by atoms with van der Waals surface area (Å²) in [6.07, 6.45) is 10.2. The van der Waals surface area contributed by atoms with Crippen LogP contribution in [0.5, 0.6) is 5.75 Å². The fourth-order valence-corrected chi connectivity index (χ4v) is 4.65. The number of nitrogens with one attached hydrogen (secondary N) is 1. The summed E-state index contributed by atoms with van der Waals surface area (Å²) in [5.74, 6) is 0.967. The summed E-state index contributed by atoms with van der Waals surface area (Å²) >= 11 is 0. The third-order valence-electron chi connectivity index (χ3n) is 6.35. The molecule has 5 rings (SSSR count). The first-order valence-electron chi connectivity index (χ1n) is 10.7. The molecule has 9 heteroatoms. The lowest BCUT2D eigenvalue weighted by atomic mass is 9.98. The number of carbonyl (C=O) groups excluding carboxylic acids is 1. The van der Waals surface area contributed by atoms with Crippen molar-refractivity contribution in [3.05, 3.63) is 36.4 Å². The summed E-state index contributed by atoms with van der Waals surface area (Å²) in [4.78, 5) is 14.8. The monoisotopic (exact) mass is 419 g/mol. The molecule has 31 heavy (non-hydrogen) atoms. The minimum atomic E-state index is 0.104. The molecule has 160 valence electrons. The van der Waals surface area contributed by atoms with Crippen LogP contribution in [0.15, 0.2) is 30.9 Å². The Bertz CT molecular complexity index is 1150. The maximum atomic E-state index is 12.8. The predicted molar refractivity (Wildman–Crippen MR) is 114 cm³/mol. The number of piperidine rings is 1. The van der Waals surface area contributed by atoms with Gasteiger partial charge >= 0.3 is 0 Å². The number of nitrogens with zero attached hydrogens (tertiary/aromatic N) is 6. The van der Waals surface area contributed by atoms with Crippen molar-refractivity contribution in [3.8, 4) is 22.9 Å². The van der Waals surface area contributed by atoms with Crippen LogP contribution in [-0.4, -0.2) is 63.5 Å². The molecular weight excluding hydrogens is 394 g/mol. The van der Waals surface area contributed by atoms with Crippen LogP contribution in [0.1, 0.15) is 30.9 Å². The Hall–Kier alpha value is -3.38. The Morgan fingerprint density at radius 1 is 1.26 bits per heavy atom. The number of carbonyl (C=O) groups is 1. The topological polar surface area (TPSA) is 100 Å². The van der Waals surface area contributed by atoms with Crippen LogP contribution in [0.3, 0.4) is 0 Å². The number of aromatic nitrogens is 4. The number of likely N-dealkylation sites (tertiary alicyclic amines) is 1. The van der Waals surface area contributed by atoms with Crippen molar-refractivity contribution < 1.29 is 9.53 Å². The zero-order valence-corrected chi connectivity index (χ0v) is 17.5. The lowest BCUT2D eigenvalue weighted by Crippen LogP contribution is -2.42. The van der Waals surface area contributed by atoms with Gasteiger partial charge in [0, 0.05) is 43.2 Å². The molecule has 1 amide bonds. The molecule has 2 aliphatic rings. The molecule has 0 radical (unpaired) electrons. The summed E-state index contributed by atoms with van der Waals surface area (Å²) in [7, 11) is 1.59. The van der Waals surface area contributed by atoms with E-state index in [0.29, 0.717) is 23.4 Å². The van der Waals surface area contributed by atoms with Crippen LogP contribution in [0.4, 0.5) is 0 Å².